The number of nitrogens with one attached hydrogen (secondary N) is 2. The van der Waals surface area contributed by atoms with Crippen molar-refractivity contribution < 1.29 is 23.0 Å². The highest BCUT2D eigenvalue weighted by Gasteiger charge is 2.50. The predicted molar refractivity (Wildman–Crippen MR) is 119 cm³/mol. The molecule has 3 aliphatic rings. The zero-order valence-corrected chi connectivity index (χ0v) is 20.1. The quantitative estimate of drug-likeness (QED) is 0.503. The third-order valence-electron chi connectivity index (χ3n) is 7.44. The number of alkyl halides is 3. The maximum absolute atomic E-state index is 12.6. The lowest BCUT2D eigenvalue weighted by atomic mass is 9.87. The van der Waals surface area contributed by atoms with Crippen molar-refractivity contribution in [3.05, 3.63) is 0 Å². The van der Waals surface area contributed by atoms with Crippen LogP contribution in [0.3, 0.4) is 0 Å². The average Bonchev–Trinajstić information content (AvgIpc) is 3.11. The van der Waals surface area contributed by atoms with Gasteiger partial charge in [-0.3, -0.25) is 10.6 Å². The highest BCUT2D eigenvalue weighted by molar-refractivity contribution is 8.00. The van der Waals surface area contributed by atoms with Gasteiger partial charge in [0.2, 0.25) is 0 Å². The second-order valence-corrected chi connectivity index (χ2v) is 11.6. The van der Waals surface area contributed by atoms with Gasteiger partial charge < -0.3 is 14.7 Å². The van der Waals surface area contributed by atoms with Gasteiger partial charge >= 0.3 is 6.18 Å². The molecule has 31 heavy (non-hydrogen) atoms. The Morgan fingerprint density at radius 2 is 1.90 bits per heavy atom. The number of rotatable bonds is 8. The highest BCUT2D eigenvalue weighted by atomic mass is 32.2. The number of halogens is 3. The number of ether oxygens (including phenoxy) is 1. The summed E-state index contributed by atoms with van der Waals surface area (Å²) >= 11 is 1.91. The van der Waals surface area contributed by atoms with Gasteiger partial charge in [0.25, 0.3) is 0 Å². The molecule has 9 heteroatoms. The average molecular weight is 468 g/mol. The Labute approximate surface area is 189 Å². The van der Waals surface area contributed by atoms with Crippen LogP contribution in [-0.2, 0) is 4.74 Å². The molecule has 6 atom stereocenters. The van der Waals surface area contributed by atoms with Gasteiger partial charge in [0.15, 0.2) is 0 Å². The highest BCUT2D eigenvalue weighted by Crippen LogP contribution is 2.47. The van der Waals surface area contributed by atoms with Crippen LogP contribution < -0.4 is 10.6 Å². The fraction of sp³-hybridized carbons (Fsp3) is 1.00. The molecule has 0 amide bonds. The number of hydrogen-bond acceptors (Lipinski definition) is 6. The topological polar surface area (TPSA) is 56.8 Å². The molecular formula is C22H40F3N3O2S. The van der Waals surface area contributed by atoms with Crippen LogP contribution in [-0.4, -0.2) is 71.5 Å². The fourth-order valence-electron chi connectivity index (χ4n) is 5.37. The summed E-state index contributed by atoms with van der Waals surface area (Å²) in [5.41, 5.74) is -0.370. The molecule has 2 aliphatic heterocycles. The van der Waals surface area contributed by atoms with Crippen molar-refractivity contribution in [3.8, 4) is 0 Å². The van der Waals surface area contributed by atoms with E-state index in [-0.39, 0.29) is 24.2 Å². The van der Waals surface area contributed by atoms with E-state index in [1.54, 1.807) is 6.92 Å². The van der Waals surface area contributed by atoms with Crippen LogP contribution >= 0.6 is 11.8 Å². The van der Waals surface area contributed by atoms with E-state index in [0.717, 1.165) is 25.7 Å². The van der Waals surface area contributed by atoms with Gasteiger partial charge in [0, 0.05) is 23.9 Å². The number of aliphatic hydroxyl groups is 1. The molecule has 2 saturated heterocycles. The van der Waals surface area contributed by atoms with E-state index >= 15 is 0 Å². The number of thioether (sulfide) groups is 1. The summed E-state index contributed by atoms with van der Waals surface area (Å²) in [4.78, 5) is 2.31. The van der Waals surface area contributed by atoms with Crippen LogP contribution in [0.2, 0.25) is 0 Å². The van der Waals surface area contributed by atoms with Crippen LogP contribution in [0.4, 0.5) is 13.2 Å². The first-order chi connectivity index (χ1) is 14.5. The molecule has 0 aromatic rings. The molecule has 5 nitrogen and oxygen atoms in total. The van der Waals surface area contributed by atoms with E-state index in [4.69, 9.17) is 4.74 Å². The normalized spacial score (nSPS) is 38.8. The third kappa shape index (κ3) is 6.73. The van der Waals surface area contributed by atoms with Gasteiger partial charge in [-0.15, -0.1) is 11.8 Å². The van der Waals surface area contributed by atoms with Crippen molar-refractivity contribution in [1.82, 2.24) is 15.5 Å². The summed E-state index contributed by atoms with van der Waals surface area (Å²) in [5.74, 6) is 0.180. The smallest absolute Gasteiger partial charge is 0.384 e. The van der Waals surface area contributed by atoms with Crippen molar-refractivity contribution >= 4 is 11.8 Å². The van der Waals surface area contributed by atoms with Gasteiger partial charge in [0.05, 0.1) is 11.5 Å². The molecular weight excluding hydrogens is 427 g/mol. The molecule has 1 aliphatic carbocycles. The van der Waals surface area contributed by atoms with E-state index in [9.17, 15) is 18.3 Å². The summed E-state index contributed by atoms with van der Waals surface area (Å²) < 4.78 is 44.5. The number of nitrogens with zero attached hydrogens (tertiary/aromatic N) is 1. The first kappa shape index (κ1) is 25.6. The molecule has 2 heterocycles. The monoisotopic (exact) mass is 467 g/mol. The molecule has 0 bridgehead atoms. The standard InChI is InChI=1S/C22H40F3N3O2S/c1-14(11-19(29)22(23,24)25)5-10-17-12-18-20(31-17)26-13-27-21(18,2)30-16-8-6-15(7-9-16)28(3)4/h14-20,26-27,29H,5-13H2,1-4H3/t14-,15?,16?,17+,18?,19?,20?,21+/m1/s1. The largest absolute Gasteiger partial charge is 0.414 e. The Hall–Kier alpha value is -0.0600. The van der Waals surface area contributed by atoms with Crippen LogP contribution in [0.5, 0.6) is 0 Å². The maximum Gasteiger partial charge on any atom is 0.414 e. The molecule has 1 saturated carbocycles. The Kier molecular flexibility index (Phi) is 8.63. The zero-order valence-electron chi connectivity index (χ0n) is 19.3. The fourth-order valence-corrected chi connectivity index (χ4v) is 7.12. The van der Waals surface area contributed by atoms with Crippen molar-refractivity contribution in [2.75, 3.05) is 20.8 Å². The van der Waals surface area contributed by atoms with Crippen molar-refractivity contribution in [1.29, 1.82) is 0 Å². The van der Waals surface area contributed by atoms with Gasteiger partial charge in [0.1, 0.15) is 11.8 Å². The lowest BCUT2D eigenvalue weighted by Gasteiger charge is -2.46. The Bertz CT molecular complexity index is 575. The zero-order chi connectivity index (χ0) is 22.8. The van der Waals surface area contributed by atoms with E-state index in [2.05, 4.69) is 36.6 Å². The summed E-state index contributed by atoms with van der Waals surface area (Å²) in [7, 11) is 4.29. The predicted octanol–water partition coefficient (Wildman–Crippen LogP) is 3.92. The second-order valence-electron chi connectivity index (χ2n) is 10.2. The minimum Gasteiger partial charge on any atom is -0.384 e. The van der Waals surface area contributed by atoms with Crippen LogP contribution in [0.15, 0.2) is 0 Å². The molecule has 0 aromatic carbocycles. The molecule has 3 N–H and O–H groups in total. The van der Waals surface area contributed by atoms with Crippen LogP contribution in [0.25, 0.3) is 0 Å². The van der Waals surface area contributed by atoms with E-state index in [1.165, 1.54) is 12.8 Å². The van der Waals surface area contributed by atoms with E-state index in [1.807, 2.05) is 11.8 Å². The Morgan fingerprint density at radius 3 is 2.52 bits per heavy atom. The van der Waals surface area contributed by atoms with Crippen molar-refractivity contribution in [2.24, 2.45) is 11.8 Å². The lowest BCUT2D eigenvalue weighted by Crippen LogP contribution is -2.64. The SMILES string of the molecule is C[C@H](CC[C@H]1CC2C(NCN[C@@]2(C)OC2CCC(N(C)C)CC2)S1)CC(O)C(F)(F)F. The molecule has 0 spiro atoms. The molecule has 3 rings (SSSR count). The van der Waals surface area contributed by atoms with Crippen LogP contribution in [0, 0.1) is 11.8 Å². The van der Waals surface area contributed by atoms with Gasteiger partial charge in [-0.2, -0.15) is 13.2 Å². The minimum absolute atomic E-state index is 0.152. The Morgan fingerprint density at radius 1 is 1.23 bits per heavy atom. The first-order valence-corrected chi connectivity index (χ1v) is 12.6. The number of aliphatic hydroxyl groups excluding tert-OH is 1. The molecule has 0 radical (unpaired) electrons. The van der Waals surface area contributed by atoms with Crippen molar-refractivity contribution in [2.45, 2.75) is 106 Å². The minimum atomic E-state index is -4.52. The Balaban J connectivity index is 1.48. The van der Waals surface area contributed by atoms with Crippen molar-refractivity contribution in [3.63, 3.8) is 0 Å². The summed E-state index contributed by atoms with van der Waals surface area (Å²) in [5, 5.41) is 17.1. The number of hydrogen-bond donors (Lipinski definition) is 3. The molecule has 3 unspecified atom stereocenters. The lowest BCUT2D eigenvalue weighted by molar-refractivity contribution is -0.208. The molecule has 182 valence electrons. The summed E-state index contributed by atoms with van der Waals surface area (Å²) in [6, 6.07) is 0.644. The second kappa shape index (κ2) is 10.5. The van der Waals surface area contributed by atoms with Crippen LogP contribution in [0.1, 0.15) is 65.2 Å². The first-order valence-electron chi connectivity index (χ1n) is 11.7. The van der Waals surface area contributed by atoms with Gasteiger partial charge in [-0.05, 0) is 78.3 Å². The van der Waals surface area contributed by atoms with E-state index < -0.39 is 12.3 Å². The van der Waals surface area contributed by atoms with Gasteiger partial charge in [-0.1, -0.05) is 6.92 Å². The summed E-state index contributed by atoms with van der Waals surface area (Å²) in [6.07, 6.45) is 0.383. The van der Waals surface area contributed by atoms with E-state index in [0.29, 0.717) is 35.7 Å². The van der Waals surface area contributed by atoms with Gasteiger partial charge in [-0.25, -0.2) is 0 Å². The third-order valence-corrected chi connectivity index (χ3v) is 9.04. The molecule has 3 fully saturated rings. The number of fused-ring (bicyclic) bond motifs is 1. The summed E-state index contributed by atoms with van der Waals surface area (Å²) in [6.45, 7) is 4.69. The molecule has 0 aromatic heterocycles. The maximum atomic E-state index is 12.6.